The van der Waals surface area contributed by atoms with Crippen LogP contribution < -0.4 is 5.32 Å². The summed E-state index contributed by atoms with van der Waals surface area (Å²) in [5.41, 5.74) is 1.55. The van der Waals surface area contributed by atoms with E-state index < -0.39 is 6.04 Å². The Kier molecular flexibility index (Phi) is 7.68. The van der Waals surface area contributed by atoms with Crippen LogP contribution in [0.5, 0.6) is 0 Å². The van der Waals surface area contributed by atoms with Gasteiger partial charge in [0.25, 0.3) is 0 Å². The van der Waals surface area contributed by atoms with Gasteiger partial charge in [0.2, 0.25) is 0 Å². The fourth-order valence-corrected chi connectivity index (χ4v) is 5.32. The lowest BCUT2D eigenvalue weighted by atomic mass is 9.62. The summed E-state index contributed by atoms with van der Waals surface area (Å²) < 4.78 is 6.00. The molecule has 7 heteroatoms. The number of hydrogen-bond acceptors (Lipinski definition) is 4. The number of nitrogens with zero attached hydrogens (tertiary/aromatic N) is 2. The van der Waals surface area contributed by atoms with Crippen LogP contribution in [0.25, 0.3) is 0 Å². The highest BCUT2D eigenvalue weighted by Gasteiger charge is 2.54. The second kappa shape index (κ2) is 9.90. The molecule has 2 saturated heterocycles. The number of nitrogens with one attached hydrogen (secondary N) is 1. The van der Waals surface area contributed by atoms with E-state index in [-0.39, 0.29) is 23.3 Å². The lowest BCUT2D eigenvalue weighted by Gasteiger charge is -2.62. The van der Waals surface area contributed by atoms with Crippen LogP contribution in [0.1, 0.15) is 58.6 Å². The molecule has 2 fully saturated rings. The van der Waals surface area contributed by atoms with Crippen molar-refractivity contribution in [1.82, 2.24) is 15.1 Å². The van der Waals surface area contributed by atoms with E-state index in [4.69, 9.17) is 4.74 Å². The Labute approximate surface area is 194 Å². The Balaban J connectivity index is 1.67. The summed E-state index contributed by atoms with van der Waals surface area (Å²) >= 11 is 3.54. The van der Waals surface area contributed by atoms with E-state index in [9.17, 15) is 9.59 Å². The first-order valence-electron chi connectivity index (χ1n) is 11.4. The van der Waals surface area contributed by atoms with Gasteiger partial charge in [0.1, 0.15) is 6.04 Å². The van der Waals surface area contributed by atoms with Crippen molar-refractivity contribution in [3.63, 3.8) is 0 Å². The van der Waals surface area contributed by atoms with Gasteiger partial charge in [0.15, 0.2) is 0 Å². The molecular weight excluding hydrogens is 458 g/mol. The molecule has 0 radical (unpaired) electrons. The summed E-state index contributed by atoms with van der Waals surface area (Å²) in [5.74, 6) is -0.349. The number of benzene rings is 1. The van der Waals surface area contributed by atoms with Gasteiger partial charge in [-0.1, -0.05) is 48.3 Å². The smallest absolute Gasteiger partial charge is 0.328 e. The van der Waals surface area contributed by atoms with Gasteiger partial charge in [-0.15, -0.1) is 0 Å². The number of piperidine rings is 1. The maximum absolute atomic E-state index is 12.9. The number of halogens is 1. The zero-order valence-electron chi connectivity index (χ0n) is 19.4. The zero-order chi connectivity index (χ0) is 22.8. The predicted molar refractivity (Wildman–Crippen MR) is 126 cm³/mol. The van der Waals surface area contributed by atoms with Crippen molar-refractivity contribution in [3.05, 3.63) is 34.3 Å². The Hall–Kier alpha value is -1.60. The predicted octanol–water partition coefficient (Wildman–Crippen LogP) is 4.59. The summed E-state index contributed by atoms with van der Waals surface area (Å²) in [6.07, 6.45) is 2.73. The van der Waals surface area contributed by atoms with E-state index in [1.807, 2.05) is 18.7 Å². The van der Waals surface area contributed by atoms with Crippen LogP contribution in [0, 0.1) is 11.3 Å². The Morgan fingerprint density at radius 1 is 1.19 bits per heavy atom. The van der Waals surface area contributed by atoms with E-state index in [2.05, 4.69) is 64.3 Å². The molecule has 31 heavy (non-hydrogen) atoms. The second-order valence-corrected chi connectivity index (χ2v) is 10.3. The maximum Gasteiger partial charge on any atom is 0.328 e. The number of urea groups is 1. The van der Waals surface area contributed by atoms with Crippen molar-refractivity contribution < 1.29 is 14.3 Å². The van der Waals surface area contributed by atoms with Gasteiger partial charge in [-0.05, 0) is 50.3 Å². The third kappa shape index (κ3) is 4.92. The molecule has 1 aromatic rings. The molecule has 2 aliphatic rings. The summed E-state index contributed by atoms with van der Waals surface area (Å²) in [5, 5.41) is 2.92. The Bertz CT molecular complexity index is 775. The lowest BCUT2D eigenvalue weighted by Crippen LogP contribution is -2.64. The van der Waals surface area contributed by atoms with Crippen LogP contribution in [0.4, 0.5) is 4.79 Å². The van der Waals surface area contributed by atoms with E-state index in [0.717, 1.165) is 30.3 Å². The largest absolute Gasteiger partial charge is 0.467 e. The fourth-order valence-electron chi connectivity index (χ4n) is 5.06. The third-order valence-corrected chi connectivity index (χ3v) is 7.78. The highest BCUT2D eigenvalue weighted by Crippen LogP contribution is 2.55. The second-order valence-electron chi connectivity index (χ2n) is 9.41. The topological polar surface area (TPSA) is 61.9 Å². The minimum Gasteiger partial charge on any atom is -0.467 e. The summed E-state index contributed by atoms with van der Waals surface area (Å²) in [4.78, 5) is 29.5. The number of carbonyl (C=O) groups excluding carboxylic acids is 2. The van der Waals surface area contributed by atoms with E-state index in [1.165, 1.54) is 12.7 Å². The molecule has 3 rings (SSSR count). The molecule has 0 aromatic heterocycles. The summed E-state index contributed by atoms with van der Waals surface area (Å²) in [7, 11) is 1.37. The number of esters is 1. The first kappa shape index (κ1) is 24.1. The Morgan fingerprint density at radius 3 is 2.32 bits per heavy atom. The number of ether oxygens (including phenoxy) is 1. The highest BCUT2D eigenvalue weighted by molar-refractivity contribution is 9.10. The molecule has 2 heterocycles. The maximum atomic E-state index is 12.9. The van der Waals surface area contributed by atoms with Crippen LogP contribution in [0.2, 0.25) is 0 Å². The number of likely N-dealkylation sites (tertiary alicyclic amines) is 2. The molecule has 0 saturated carbocycles. The van der Waals surface area contributed by atoms with Crippen molar-refractivity contribution in [2.45, 2.75) is 65.1 Å². The van der Waals surface area contributed by atoms with Gasteiger partial charge in [0.05, 0.1) is 7.11 Å². The van der Waals surface area contributed by atoms with Gasteiger partial charge in [-0.3, -0.25) is 4.90 Å². The number of rotatable bonds is 6. The summed E-state index contributed by atoms with van der Waals surface area (Å²) in [6.45, 7) is 11.0. The number of hydrogen-bond donors (Lipinski definition) is 1. The normalized spacial score (nSPS) is 22.7. The molecular formula is C24H36BrN3O3. The van der Waals surface area contributed by atoms with Crippen molar-refractivity contribution in [2.75, 3.05) is 26.7 Å². The van der Waals surface area contributed by atoms with Crippen LogP contribution in [-0.2, 0) is 9.53 Å². The van der Waals surface area contributed by atoms with Crippen LogP contribution >= 0.6 is 15.9 Å². The highest BCUT2D eigenvalue weighted by atomic mass is 79.9. The van der Waals surface area contributed by atoms with Crippen molar-refractivity contribution in [2.24, 2.45) is 11.3 Å². The average molecular weight is 494 g/mol. The van der Waals surface area contributed by atoms with E-state index in [1.54, 1.807) is 0 Å². The van der Waals surface area contributed by atoms with Crippen molar-refractivity contribution >= 4 is 27.9 Å². The molecule has 2 aliphatic heterocycles. The molecule has 1 N–H and O–H groups in total. The fraction of sp³-hybridized carbons (Fsp3) is 0.667. The first-order chi connectivity index (χ1) is 14.7. The molecule has 1 spiro atoms. The quantitative estimate of drug-likeness (QED) is 0.588. The molecule has 2 amide bonds. The Morgan fingerprint density at radius 2 is 1.81 bits per heavy atom. The average Bonchev–Trinajstić information content (AvgIpc) is 2.76. The molecule has 1 unspecified atom stereocenters. The zero-order valence-corrected chi connectivity index (χ0v) is 20.9. The van der Waals surface area contributed by atoms with Crippen LogP contribution in [0.3, 0.4) is 0 Å². The van der Waals surface area contributed by atoms with E-state index in [0.29, 0.717) is 25.2 Å². The number of carbonyl (C=O) groups is 2. The SMILES string of the molecule is CC[C@H](C)[C@H](NC(=O)N1CCC2(CC1)CN(C(C)C)C2c1ccc(Br)cc1)C(=O)OC. The van der Waals surface area contributed by atoms with Crippen LogP contribution in [-0.4, -0.2) is 60.6 Å². The van der Waals surface area contributed by atoms with Crippen molar-refractivity contribution in [3.8, 4) is 0 Å². The summed E-state index contributed by atoms with van der Waals surface area (Å²) in [6, 6.07) is 8.77. The number of amides is 2. The van der Waals surface area contributed by atoms with Gasteiger partial charge >= 0.3 is 12.0 Å². The van der Waals surface area contributed by atoms with Gasteiger partial charge < -0.3 is 15.0 Å². The van der Waals surface area contributed by atoms with Crippen molar-refractivity contribution in [1.29, 1.82) is 0 Å². The minimum atomic E-state index is -0.603. The van der Waals surface area contributed by atoms with E-state index >= 15 is 0 Å². The van der Waals surface area contributed by atoms with Gasteiger partial charge in [0, 0.05) is 41.6 Å². The third-order valence-electron chi connectivity index (χ3n) is 7.25. The first-order valence-corrected chi connectivity index (χ1v) is 12.2. The van der Waals surface area contributed by atoms with Gasteiger partial charge in [-0.2, -0.15) is 0 Å². The monoisotopic (exact) mass is 493 g/mol. The molecule has 0 aliphatic carbocycles. The molecule has 172 valence electrons. The molecule has 1 aromatic carbocycles. The lowest BCUT2D eigenvalue weighted by molar-refractivity contribution is -0.144. The molecule has 0 bridgehead atoms. The van der Waals surface area contributed by atoms with Gasteiger partial charge in [-0.25, -0.2) is 9.59 Å². The molecule has 6 nitrogen and oxygen atoms in total. The van der Waals surface area contributed by atoms with Crippen LogP contribution in [0.15, 0.2) is 28.7 Å². The standard InChI is InChI=1S/C24H36BrN3O3/c1-6-17(4)20(22(29)31-5)26-23(30)27-13-11-24(12-14-27)15-28(16(2)3)21(24)18-7-9-19(25)10-8-18/h7-10,16-17,20-21H,6,11-15H2,1-5H3,(H,26,30)/t17-,20-,21?/m0/s1. The minimum absolute atomic E-state index is 0.0283. The molecule has 3 atom stereocenters. The number of methoxy groups -OCH3 is 1.